The molecule has 5 rings (SSSR count). The Hall–Kier alpha value is -4.26. The number of allylic oxidation sites excluding steroid dienone is 1. The lowest BCUT2D eigenvalue weighted by Gasteiger charge is -2.31. The largest absolute Gasteiger partial charge is 0.493 e. The van der Waals surface area contributed by atoms with Crippen LogP contribution in [0.5, 0.6) is 5.88 Å². The van der Waals surface area contributed by atoms with Gasteiger partial charge in [-0.25, -0.2) is 9.78 Å². The summed E-state index contributed by atoms with van der Waals surface area (Å²) in [5, 5.41) is 25.8. The molecule has 6 nitrogen and oxygen atoms in total. The van der Waals surface area contributed by atoms with E-state index in [-0.39, 0.29) is 11.8 Å². The summed E-state index contributed by atoms with van der Waals surface area (Å²) < 4.78 is 14.4. The second kappa shape index (κ2) is 8.94. The number of aliphatic carboxylic acids is 1. The van der Waals surface area contributed by atoms with E-state index >= 15 is 0 Å². The number of fused-ring (bicyclic) bond motifs is 1. The Morgan fingerprint density at radius 2 is 1.79 bits per heavy atom. The molecule has 0 bridgehead atoms. The fourth-order valence-corrected chi connectivity index (χ4v) is 4.41. The van der Waals surface area contributed by atoms with Gasteiger partial charge in [-0.3, -0.25) is 5.10 Å². The fraction of sp³-hybridized carbons (Fsp3) is 0.148. The highest BCUT2D eigenvalue weighted by atomic mass is 19.1. The summed E-state index contributed by atoms with van der Waals surface area (Å²) in [6.45, 7) is 0. The summed E-state index contributed by atoms with van der Waals surface area (Å²) in [5.41, 5.74) is 5.99. The molecule has 2 heterocycles. The molecule has 0 amide bonds. The van der Waals surface area contributed by atoms with Gasteiger partial charge in [0.1, 0.15) is 0 Å². The molecular weight excluding hydrogens is 433 g/mol. The maximum atomic E-state index is 14.4. The Morgan fingerprint density at radius 1 is 1.03 bits per heavy atom. The highest BCUT2D eigenvalue weighted by Crippen LogP contribution is 2.45. The Bertz CT molecular complexity index is 1430. The van der Waals surface area contributed by atoms with Crippen LogP contribution in [0.3, 0.4) is 0 Å². The predicted octanol–water partition coefficient (Wildman–Crippen LogP) is 5.66. The molecule has 2 aromatic carbocycles. The lowest BCUT2D eigenvalue weighted by Crippen LogP contribution is -2.15. The van der Waals surface area contributed by atoms with Crippen molar-refractivity contribution in [2.24, 2.45) is 5.92 Å². The van der Waals surface area contributed by atoms with Crippen molar-refractivity contribution in [3.05, 3.63) is 95.1 Å². The van der Waals surface area contributed by atoms with Crippen LogP contribution in [-0.4, -0.2) is 31.4 Å². The summed E-state index contributed by atoms with van der Waals surface area (Å²) >= 11 is 0. The Labute approximate surface area is 195 Å². The number of hydrogen-bond donors (Lipinski definition) is 3. The second-order valence-corrected chi connectivity index (χ2v) is 8.39. The minimum absolute atomic E-state index is 0.0563. The number of carboxylic acids is 1. The molecular formula is C27H22FN3O3. The van der Waals surface area contributed by atoms with Gasteiger partial charge in [-0.15, -0.1) is 5.10 Å². The van der Waals surface area contributed by atoms with E-state index in [4.69, 9.17) is 5.11 Å². The molecule has 0 unspecified atom stereocenters. The highest BCUT2D eigenvalue weighted by Gasteiger charge is 2.28. The van der Waals surface area contributed by atoms with Crippen LogP contribution in [0.15, 0.2) is 66.9 Å². The molecule has 1 fully saturated rings. The van der Waals surface area contributed by atoms with E-state index in [0.717, 1.165) is 58.7 Å². The average molecular weight is 455 g/mol. The van der Waals surface area contributed by atoms with Crippen LogP contribution in [0.2, 0.25) is 0 Å². The van der Waals surface area contributed by atoms with Crippen LogP contribution in [0.1, 0.15) is 41.5 Å². The monoisotopic (exact) mass is 455 g/mol. The standard InChI is InChI=1S/C27H22FN3O3/c28-27-21-14-19(9-10-22(21)30-31-27)26(18-7-4-16(5-8-18)6-11-24(33)34)25(17-2-1-3-17)20-12-13-29-23(32)15-20/h4-15,17H,1-3H2,(H,29,32)(H,30,31)(H,33,34)/b11-6+,26-25+. The van der Waals surface area contributed by atoms with Crippen molar-refractivity contribution in [2.45, 2.75) is 19.3 Å². The van der Waals surface area contributed by atoms with Crippen LogP contribution in [0.25, 0.3) is 28.1 Å². The molecule has 3 N–H and O–H groups in total. The van der Waals surface area contributed by atoms with E-state index in [1.54, 1.807) is 18.3 Å². The van der Waals surface area contributed by atoms with Crippen LogP contribution < -0.4 is 0 Å². The van der Waals surface area contributed by atoms with Crippen molar-refractivity contribution < 1.29 is 19.4 Å². The number of pyridine rings is 1. The van der Waals surface area contributed by atoms with E-state index in [1.165, 1.54) is 6.08 Å². The van der Waals surface area contributed by atoms with Crippen molar-refractivity contribution >= 4 is 34.1 Å². The van der Waals surface area contributed by atoms with Gasteiger partial charge in [0.15, 0.2) is 0 Å². The van der Waals surface area contributed by atoms with Gasteiger partial charge < -0.3 is 10.2 Å². The highest BCUT2D eigenvalue weighted by molar-refractivity contribution is 6.01. The summed E-state index contributed by atoms with van der Waals surface area (Å²) in [7, 11) is 0. The number of carbonyl (C=O) groups is 1. The number of aromatic hydroxyl groups is 1. The normalized spacial score (nSPS) is 14.9. The first-order chi connectivity index (χ1) is 16.5. The Morgan fingerprint density at radius 3 is 2.47 bits per heavy atom. The molecule has 0 radical (unpaired) electrons. The number of nitrogens with one attached hydrogen (secondary N) is 1. The van der Waals surface area contributed by atoms with Crippen molar-refractivity contribution in [1.82, 2.24) is 15.2 Å². The number of hydrogen-bond acceptors (Lipinski definition) is 4. The average Bonchev–Trinajstić information content (AvgIpc) is 3.17. The van der Waals surface area contributed by atoms with Crippen LogP contribution in [0, 0.1) is 11.9 Å². The molecule has 1 aliphatic carbocycles. The maximum absolute atomic E-state index is 14.4. The Kier molecular flexibility index (Phi) is 5.67. The fourth-order valence-electron chi connectivity index (χ4n) is 4.41. The van der Waals surface area contributed by atoms with Gasteiger partial charge in [0, 0.05) is 18.3 Å². The Balaban J connectivity index is 1.74. The van der Waals surface area contributed by atoms with E-state index in [2.05, 4.69) is 15.2 Å². The van der Waals surface area contributed by atoms with Crippen molar-refractivity contribution in [3.63, 3.8) is 0 Å². The van der Waals surface area contributed by atoms with Gasteiger partial charge in [-0.05, 0) is 76.4 Å². The zero-order valence-electron chi connectivity index (χ0n) is 18.2. The molecule has 0 aliphatic heterocycles. The van der Waals surface area contributed by atoms with Gasteiger partial charge in [-0.1, -0.05) is 36.8 Å². The third-order valence-corrected chi connectivity index (χ3v) is 6.26. The zero-order valence-corrected chi connectivity index (χ0v) is 18.2. The number of aromatic amines is 1. The summed E-state index contributed by atoms with van der Waals surface area (Å²) in [6, 6.07) is 16.7. The van der Waals surface area contributed by atoms with E-state index < -0.39 is 11.9 Å². The third kappa shape index (κ3) is 4.20. The number of nitrogens with zero attached hydrogens (tertiary/aromatic N) is 2. The van der Waals surface area contributed by atoms with Crippen LogP contribution in [-0.2, 0) is 4.79 Å². The molecule has 1 aliphatic rings. The van der Waals surface area contributed by atoms with Crippen LogP contribution in [0.4, 0.5) is 4.39 Å². The van der Waals surface area contributed by atoms with Gasteiger partial charge in [0.05, 0.1) is 10.9 Å². The lowest BCUT2D eigenvalue weighted by atomic mass is 9.73. The topological polar surface area (TPSA) is 99.1 Å². The molecule has 4 aromatic rings. The molecule has 0 spiro atoms. The van der Waals surface area contributed by atoms with E-state index in [0.29, 0.717) is 10.9 Å². The lowest BCUT2D eigenvalue weighted by molar-refractivity contribution is -0.131. The molecule has 2 aromatic heterocycles. The molecule has 34 heavy (non-hydrogen) atoms. The first-order valence-electron chi connectivity index (χ1n) is 11.0. The number of rotatable bonds is 6. The number of benzene rings is 2. The summed E-state index contributed by atoms with van der Waals surface area (Å²) in [5.74, 6) is -1.34. The molecule has 7 heteroatoms. The number of halogens is 1. The second-order valence-electron chi connectivity index (χ2n) is 8.39. The van der Waals surface area contributed by atoms with Gasteiger partial charge in [-0.2, -0.15) is 4.39 Å². The SMILES string of the molecule is O=C(O)/C=C/c1ccc(/C(=C(\c2ccnc(O)c2)C2CCC2)c2ccc3[nH]nc(F)c3c2)cc1. The van der Waals surface area contributed by atoms with Crippen molar-refractivity contribution in [1.29, 1.82) is 0 Å². The zero-order chi connectivity index (χ0) is 23.7. The molecule has 0 atom stereocenters. The molecule has 170 valence electrons. The summed E-state index contributed by atoms with van der Waals surface area (Å²) in [4.78, 5) is 14.8. The van der Waals surface area contributed by atoms with Crippen LogP contribution >= 0.6 is 0 Å². The van der Waals surface area contributed by atoms with Crippen molar-refractivity contribution in [2.75, 3.05) is 0 Å². The number of H-pyrrole nitrogens is 1. The maximum Gasteiger partial charge on any atom is 0.328 e. The third-order valence-electron chi connectivity index (χ3n) is 6.26. The first-order valence-corrected chi connectivity index (χ1v) is 11.0. The van der Waals surface area contributed by atoms with Gasteiger partial charge in [0.2, 0.25) is 11.8 Å². The number of carboxylic acid groups (broad SMARTS) is 1. The van der Waals surface area contributed by atoms with Gasteiger partial charge in [0.25, 0.3) is 0 Å². The predicted molar refractivity (Wildman–Crippen MR) is 128 cm³/mol. The molecule has 1 saturated carbocycles. The minimum atomic E-state index is -1.01. The van der Waals surface area contributed by atoms with E-state index in [1.807, 2.05) is 42.5 Å². The number of aromatic nitrogens is 3. The van der Waals surface area contributed by atoms with Crippen molar-refractivity contribution in [3.8, 4) is 5.88 Å². The smallest absolute Gasteiger partial charge is 0.328 e. The van der Waals surface area contributed by atoms with Gasteiger partial charge >= 0.3 is 5.97 Å². The first kappa shape index (κ1) is 21.6. The minimum Gasteiger partial charge on any atom is -0.493 e. The van der Waals surface area contributed by atoms with E-state index in [9.17, 15) is 14.3 Å². The summed E-state index contributed by atoms with van der Waals surface area (Å²) in [6.07, 6.45) is 7.37. The quantitative estimate of drug-likeness (QED) is 0.326. The molecule has 0 saturated heterocycles.